The molecule has 0 bridgehead atoms. The summed E-state index contributed by atoms with van der Waals surface area (Å²) in [7, 11) is 0. The van der Waals surface area contributed by atoms with Gasteiger partial charge in [-0.15, -0.1) is 0 Å². The lowest BCUT2D eigenvalue weighted by Crippen LogP contribution is -2.53. The molecule has 1 saturated heterocycles. The molecule has 0 spiro atoms. The predicted octanol–water partition coefficient (Wildman–Crippen LogP) is 2.87. The fourth-order valence-electron chi connectivity index (χ4n) is 2.68. The first kappa shape index (κ1) is 18.0. The molecule has 1 aliphatic rings. The number of ether oxygens (including phenoxy) is 1. The van der Waals surface area contributed by atoms with Gasteiger partial charge in [0.15, 0.2) is 6.10 Å². The number of halogens is 2. The van der Waals surface area contributed by atoms with E-state index >= 15 is 0 Å². The summed E-state index contributed by atoms with van der Waals surface area (Å²) >= 11 is 12.0. The van der Waals surface area contributed by atoms with E-state index in [9.17, 15) is 9.59 Å². The molecule has 1 heterocycles. The molecule has 1 amide bonds. The van der Waals surface area contributed by atoms with Crippen LogP contribution in [0.2, 0.25) is 10.0 Å². The maximum absolute atomic E-state index is 12.6. The second kappa shape index (κ2) is 7.51. The number of benzene rings is 1. The van der Waals surface area contributed by atoms with Crippen LogP contribution in [-0.2, 0) is 20.7 Å². The topological polar surface area (TPSA) is 66.8 Å². The standard InChI is InChI=1S/C16H19Cl2NO4/c1-9(5-11-3-4-12(17)6-13(11)18)15(20)19-7-10(2)23-14(8-19)16(21)22/h3-4,6,9-10,14H,5,7-8H2,1-2H3,(H,21,22)/t9?,10-,14?/m1/s1. The number of amides is 1. The summed E-state index contributed by atoms with van der Waals surface area (Å²) in [5.41, 5.74) is 0.841. The van der Waals surface area contributed by atoms with Crippen LogP contribution in [0.25, 0.3) is 0 Å². The zero-order valence-electron chi connectivity index (χ0n) is 13.0. The fourth-order valence-corrected chi connectivity index (χ4v) is 3.17. The summed E-state index contributed by atoms with van der Waals surface area (Å²) in [4.78, 5) is 25.3. The maximum atomic E-state index is 12.6. The van der Waals surface area contributed by atoms with Crippen molar-refractivity contribution in [1.29, 1.82) is 0 Å². The van der Waals surface area contributed by atoms with Crippen LogP contribution in [0.4, 0.5) is 0 Å². The highest BCUT2D eigenvalue weighted by atomic mass is 35.5. The van der Waals surface area contributed by atoms with Crippen LogP contribution < -0.4 is 0 Å². The van der Waals surface area contributed by atoms with Crippen molar-refractivity contribution in [3.05, 3.63) is 33.8 Å². The van der Waals surface area contributed by atoms with Crippen LogP contribution in [0, 0.1) is 5.92 Å². The van der Waals surface area contributed by atoms with E-state index in [-0.39, 0.29) is 24.5 Å². The highest BCUT2D eigenvalue weighted by Crippen LogP contribution is 2.24. The van der Waals surface area contributed by atoms with E-state index in [0.29, 0.717) is 23.0 Å². The predicted molar refractivity (Wildman–Crippen MR) is 87.9 cm³/mol. The third kappa shape index (κ3) is 4.59. The zero-order chi connectivity index (χ0) is 17.1. The number of rotatable bonds is 4. The van der Waals surface area contributed by atoms with Gasteiger partial charge in [-0.1, -0.05) is 36.2 Å². The van der Waals surface area contributed by atoms with Crippen LogP contribution in [0.5, 0.6) is 0 Å². The molecule has 1 fully saturated rings. The van der Waals surface area contributed by atoms with Gasteiger partial charge in [-0.05, 0) is 31.0 Å². The number of carboxylic acid groups (broad SMARTS) is 1. The van der Waals surface area contributed by atoms with Gasteiger partial charge in [-0.2, -0.15) is 0 Å². The van der Waals surface area contributed by atoms with Crippen LogP contribution in [0.15, 0.2) is 18.2 Å². The molecule has 23 heavy (non-hydrogen) atoms. The summed E-state index contributed by atoms with van der Waals surface area (Å²) in [6, 6.07) is 5.18. The lowest BCUT2D eigenvalue weighted by molar-refractivity contribution is -0.167. The number of hydrogen-bond acceptors (Lipinski definition) is 3. The van der Waals surface area contributed by atoms with Gasteiger partial charge >= 0.3 is 5.97 Å². The number of hydrogen-bond donors (Lipinski definition) is 1. The molecule has 3 atom stereocenters. The quantitative estimate of drug-likeness (QED) is 0.897. The normalized spacial score (nSPS) is 22.7. The number of carbonyl (C=O) groups is 2. The van der Waals surface area contributed by atoms with Crippen LogP contribution in [0.1, 0.15) is 19.4 Å². The number of morpholine rings is 1. The summed E-state index contributed by atoms with van der Waals surface area (Å²) in [6.45, 7) is 4.03. The van der Waals surface area contributed by atoms with Crippen molar-refractivity contribution in [1.82, 2.24) is 4.90 Å². The van der Waals surface area contributed by atoms with Crippen molar-refractivity contribution in [2.75, 3.05) is 13.1 Å². The Labute approximate surface area is 145 Å². The van der Waals surface area contributed by atoms with Crippen LogP contribution in [0.3, 0.4) is 0 Å². The Kier molecular flexibility index (Phi) is 5.89. The van der Waals surface area contributed by atoms with Crippen molar-refractivity contribution < 1.29 is 19.4 Å². The van der Waals surface area contributed by atoms with Gasteiger partial charge in [-0.3, -0.25) is 4.79 Å². The Balaban J connectivity index is 2.05. The molecular formula is C16H19Cl2NO4. The summed E-state index contributed by atoms with van der Waals surface area (Å²) in [5.74, 6) is -1.46. The number of nitrogens with zero attached hydrogens (tertiary/aromatic N) is 1. The largest absolute Gasteiger partial charge is 0.479 e. The van der Waals surface area contributed by atoms with Crippen molar-refractivity contribution in [2.24, 2.45) is 5.92 Å². The molecule has 1 aromatic rings. The van der Waals surface area contributed by atoms with Crippen molar-refractivity contribution >= 4 is 35.1 Å². The fraction of sp³-hybridized carbons (Fsp3) is 0.500. The van der Waals surface area contributed by atoms with Crippen LogP contribution in [-0.4, -0.2) is 47.2 Å². The van der Waals surface area contributed by atoms with Gasteiger partial charge in [0.25, 0.3) is 0 Å². The van der Waals surface area contributed by atoms with Gasteiger partial charge in [0.1, 0.15) is 0 Å². The SMILES string of the molecule is CC(Cc1ccc(Cl)cc1Cl)C(=O)N1CC(C(=O)O)O[C@H](C)C1. The van der Waals surface area contributed by atoms with Gasteiger partial charge in [0, 0.05) is 22.5 Å². The minimum absolute atomic E-state index is 0.0667. The Morgan fingerprint density at radius 1 is 1.39 bits per heavy atom. The summed E-state index contributed by atoms with van der Waals surface area (Å²) in [6.07, 6.45) is -0.813. The van der Waals surface area contributed by atoms with E-state index in [1.165, 1.54) is 0 Å². The van der Waals surface area contributed by atoms with E-state index in [1.54, 1.807) is 30.0 Å². The Bertz CT molecular complexity index is 608. The Morgan fingerprint density at radius 3 is 2.70 bits per heavy atom. The molecule has 0 radical (unpaired) electrons. The highest BCUT2D eigenvalue weighted by molar-refractivity contribution is 6.35. The molecule has 0 saturated carbocycles. The van der Waals surface area contributed by atoms with Crippen molar-refractivity contribution in [3.8, 4) is 0 Å². The lowest BCUT2D eigenvalue weighted by Gasteiger charge is -2.36. The molecule has 2 rings (SSSR count). The second-order valence-electron chi connectivity index (χ2n) is 5.86. The highest BCUT2D eigenvalue weighted by Gasteiger charge is 2.34. The van der Waals surface area contributed by atoms with E-state index < -0.39 is 12.1 Å². The molecule has 1 N–H and O–H groups in total. The molecule has 126 valence electrons. The molecule has 1 aromatic carbocycles. The van der Waals surface area contributed by atoms with E-state index in [2.05, 4.69) is 0 Å². The average Bonchev–Trinajstić information content (AvgIpc) is 2.48. The van der Waals surface area contributed by atoms with E-state index in [0.717, 1.165) is 5.56 Å². The number of carbonyl (C=O) groups excluding carboxylic acids is 1. The summed E-state index contributed by atoms with van der Waals surface area (Å²) < 4.78 is 5.33. The van der Waals surface area contributed by atoms with Gasteiger partial charge in [0.2, 0.25) is 5.91 Å². The van der Waals surface area contributed by atoms with Gasteiger partial charge in [0.05, 0.1) is 12.6 Å². The lowest BCUT2D eigenvalue weighted by atomic mass is 9.99. The number of carboxylic acids is 1. The van der Waals surface area contributed by atoms with Crippen LogP contribution >= 0.6 is 23.2 Å². The third-order valence-corrected chi connectivity index (χ3v) is 4.40. The first-order valence-electron chi connectivity index (χ1n) is 7.39. The minimum Gasteiger partial charge on any atom is -0.479 e. The first-order chi connectivity index (χ1) is 10.8. The second-order valence-corrected chi connectivity index (χ2v) is 6.70. The molecule has 0 aromatic heterocycles. The zero-order valence-corrected chi connectivity index (χ0v) is 14.5. The molecule has 1 aliphatic heterocycles. The Morgan fingerprint density at radius 2 is 2.09 bits per heavy atom. The minimum atomic E-state index is -1.05. The van der Waals surface area contributed by atoms with E-state index in [1.807, 2.05) is 6.92 Å². The van der Waals surface area contributed by atoms with Crippen molar-refractivity contribution in [2.45, 2.75) is 32.5 Å². The maximum Gasteiger partial charge on any atom is 0.334 e. The van der Waals surface area contributed by atoms with E-state index in [4.69, 9.17) is 33.0 Å². The number of aliphatic carboxylic acids is 1. The monoisotopic (exact) mass is 359 g/mol. The van der Waals surface area contributed by atoms with Gasteiger partial charge < -0.3 is 14.7 Å². The summed E-state index contributed by atoms with van der Waals surface area (Å²) in [5, 5.41) is 10.2. The molecule has 2 unspecified atom stereocenters. The molecular weight excluding hydrogens is 341 g/mol. The van der Waals surface area contributed by atoms with Crippen molar-refractivity contribution in [3.63, 3.8) is 0 Å². The first-order valence-corrected chi connectivity index (χ1v) is 8.14. The third-order valence-electron chi connectivity index (χ3n) is 3.81. The average molecular weight is 360 g/mol. The smallest absolute Gasteiger partial charge is 0.334 e. The molecule has 7 heteroatoms. The molecule has 0 aliphatic carbocycles. The molecule has 5 nitrogen and oxygen atoms in total. The Hall–Kier alpha value is -1.30. The van der Waals surface area contributed by atoms with Gasteiger partial charge in [-0.25, -0.2) is 4.79 Å².